The first-order valence-electron chi connectivity index (χ1n) is 11.6. The maximum Gasteiger partial charge on any atom is 0.295 e. The van der Waals surface area contributed by atoms with Crippen LogP contribution in [-0.2, 0) is 9.59 Å². The third kappa shape index (κ3) is 4.86. The Bertz CT molecular complexity index is 1300. The van der Waals surface area contributed by atoms with Crippen molar-refractivity contribution < 1.29 is 24.2 Å². The van der Waals surface area contributed by atoms with Gasteiger partial charge in [-0.2, -0.15) is 0 Å². The Labute approximate surface area is 205 Å². The van der Waals surface area contributed by atoms with Crippen molar-refractivity contribution >= 4 is 28.2 Å². The van der Waals surface area contributed by atoms with E-state index < -0.39 is 17.7 Å². The molecule has 1 heterocycles. The minimum atomic E-state index is -0.720. The number of fused-ring (bicyclic) bond motifs is 1. The molecule has 1 aliphatic heterocycles. The maximum atomic E-state index is 13.2. The molecule has 7 heteroatoms. The number of hydrogen-bond acceptors (Lipinski definition) is 6. The number of amides is 1. The van der Waals surface area contributed by atoms with Gasteiger partial charge in [0.1, 0.15) is 17.3 Å². The van der Waals surface area contributed by atoms with E-state index in [1.165, 1.54) is 4.90 Å². The summed E-state index contributed by atoms with van der Waals surface area (Å²) in [6.07, 6.45) is 0. The molecular weight excluding hydrogens is 444 g/mol. The highest BCUT2D eigenvalue weighted by Gasteiger charge is 2.46. The number of hydrogen-bond donors (Lipinski definition) is 1. The van der Waals surface area contributed by atoms with E-state index in [9.17, 15) is 14.7 Å². The summed E-state index contributed by atoms with van der Waals surface area (Å²) in [7, 11) is 5.42. The van der Waals surface area contributed by atoms with E-state index in [1.54, 1.807) is 13.2 Å². The van der Waals surface area contributed by atoms with E-state index in [1.807, 2.05) is 80.5 Å². The average Bonchev–Trinajstić information content (AvgIpc) is 3.11. The lowest BCUT2D eigenvalue weighted by atomic mass is 9.94. The number of nitrogens with zero attached hydrogens (tertiary/aromatic N) is 2. The number of aliphatic hydroxyl groups is 1. The summed E-state index contributed by atoms with van der Waals surface area (Å²) in [4.78, 5) is 29.8. The molecule has 0 aromatic heterocycles. The third-order valence-corrected chi connectivity index (χ3v) is 6.13. The van der Waals surface area contributed by atoms with E-state index in [4.69, 9.17) is 9.47 Å². The van der Waals surface area contributed by atoms with Gasteiger partial charge < -0.3 is 24.4 Å². The van der Waals surface area contributed by atoms with Gasteiger partial charge >= 0.3 is 0 Å². The van der Waals surface area contributed by atoms with Crippen LogP contribution in [0.5, 0.6) is 11.5 Å². The molecule has 1 unspecified atom stereocenters. The second kappa shape index (κ2) is 10.2. The highest BCUT2D eigenvalue weighted by atomic mass is 16.5. The smallest absolute Gasteiger partial charge is 0.295 e. The number of ketones is 1. The van der Waals surface area contributed by atoms with Gasteiger partial charge in [0.2, 0.25) is 0 Å². The molecule has 3 aromatic rings. The summed E-state index contributed by atoms with van der Waals surface area (Å²) in [6, 6.07) is 17.7. The third-order valence-electron chi connectivity index (χ3n) is 6.13. The lowest BCUT2D eigenvalue weighted by molar-refractivity contribution is -0.140. The molecule has 1 fully saturated rings. The van der Waals surface area contributed by atoms with E-state index in [0.29, 0.717) is 36.6 Å². The van der Waals surface area contributed by atoms with Gasteiger partial charge in [0.15, 0.2) is 0 Å². The molecule has 1 atom stereocenters. The molecule has 7 nitrogen and oxygen atoms in total. The number of likely N-dealkylation sites (N-methyl/N-ethyl adjacent to an activating group) is 1. The standard InChI is InChI=1S/C28H30N2O5/c1-5-35-23-8-6-7-20(17-23)25-24(27(32)28(33)30(25)14-13-29(2)3)26(31)21-10-9-19-16-22(34-4)12-11-18(19)15-21/h6-12,15-17,25,31H,5,13-14H2,1-4H3/b26-24+. The summed E-state index contributed by atoms with van der Waals surface area (Å²) in [6.45, 7) is 3.30. The van der Waals surface area contributed by atoms with Crippen LogP contribution in [0.25, 0.3) is 16.5 Å². The lowest BCUT2D eigenvalue weighted by Gasteiger charge is -2.27. The SMILES string of the molecule is CCOc1cccc(C2/C(=C(\O)c3ccc4cc(OC)ccc4c3)C(=O)C(=O)N2CCN(C)C)c1. The molecule has 3 aromatic carbocycles. The number of benzene rings is 3. The zero-order chi connectivity index (χ0) is 25.1. The molecule has 1 amide bonds. The maximum absolute atomic E-state index is 13.2. The van der Waals surface area contributed by atoms with Gasteiger partial charge in [-0.1, -0.05) is 30.3 Å². The monoisotopic (exact) mass is 474 g/mol. The summed E-state index contributed by atoms with van der Waals surface area (Å²) >= 11 is 0. The zero-order valence-electron chi connectivity index (χ0n) is 20.4. The predicted octanol–water partition coefficient (Wildman–Crippen LogP) is 4.23. The van der Waals surface area contributed by atoms with Crippen LogP contribution in [0.3, 0.4) is 0 Å². The Morgan fingerprint density at radius 3 is 2.46 bits per heavy atom. The molecule has 0 aliphatic carbocycles. The van der Waals surface area contributed by atoms with Crippen LogP contribution in [-0.4, -0.2) is 67.5 Å². The van der Waals surface area contributed by atoms with Crippen molar-refractivity contribution in [2.45, 2.75) is 13.0 Å². The molecule has 4 rings (SSSR count). The fraction of sp³-hybridized carbons (Fsp3) is 0.286. The van der Waals surface area contributed by atoms with Crippen molar-refractivity contribution in [2.24, 2.45) is 0 Å². The number of methoxy groups -OCH3 is 1. The number of likely N-dealkylation sites (tertiary alicyclic amines) is 1. The summed E-state index contributed by atoms with van der Waals surface area (Å²) in [5.41, 5.74) is 1.26. The minimum Gasteiger partial charge on any atom is -0.507 e. The van der Waals surface area contributed by atoms with Gasteiger partial charge in [0.25, 0.3) is 11.7 Å². The highest BCUT2D eigenvalue weighted by Crippen LogP contribution is 2.40. The van der Waals surface area contributed by atoms with Gasteiger partial charge in [-0.05, 0) is 67.7 Å². The molecule has 0 saturated carbocycles. The molecule has 1 N–H and O–H groups in total. The normalized spacial score (nSPS) is 17.4. The van der Waals surface area contributed by atoms with Crippen LogP contribution in [0.1, 0.15) is 24.1 Å². The fourth-order valence-electron chi connectivity index (χ4n) is 4.36. The van der Waals surface area contributed by atoms with E-state index in [2.05, 4.69) is 0 Å². The molecular formula is C28H30N2O5. The number of carbonyl (C=O) groups is 2. The number of Topliss-reactive ketones (excluding diaryl/α,β-unsaturated/α-hetero) is 1. The second-order valence-electron chi connectivity index (χ2n) is 8.73. The largest absolute Gasteiger partial charge is 0.507 e. The lowest BCUT2D eigenvalue weighted by Crippen LogP contribution is -2.35. The summed E-state index contributed by atoms with van der Waals surface area (Å²) in [5.74, 6) is -0.133. The zero-order valence-corrected chi connectivity index (χ0v) is 20.4. The van der Waals surface area contributed by atoms with Gasteiger partial charge in [0, 0.05) is 18.7 Å². The van der Waals surface area contributed by atoms with Gasteiger partial charge in [0.05, 0.1) is 25.3 Å². The molecule has 0 radical (unpaired) electrons. The fourth-order valence-corrected chi connectivity index (χ4v) is 4.36. The van der Waals surface area contributed by atoms with Crippen molar-refractivity contribution in [1.29, 1.82) is 0 Å². The predicted molar refractivity (Wildman–Crippen MR) is 136 cm³/mol. The van der Waals surface area contributed by atoms with Gasteiger partial charge in [-0.15, -0.1) is 0 Å². The molecule has 35 heavy (non-hydrogen) atoms. The van der Waals surface area contributed by atoms with Gasteiger partial charge in [-0.25, -0.2) is 0 Å². The Kier molecular flexibility index (Phi) is 7.07. The molecule has 1 saturated heterocycles. The Morgan fingerprint density at radius 1 is 1.00 bits per heavy atom. The first-order chi connectivity index (χ1) is 16.8. The van der Waals surface area contributed by atoms with Crippen molar-refractivity contribution in [3.63, 3.8) is 0 Å². The quantitative estimate of drug-likeness (QED) is 0.299. The van der Waals surface area contributed by atoms with Crippen LogP contribution in [0, 0.1) is 0 Å². The number of rotatable bonds is 8. The Morgan fingerprint density at radius 2 is 1.74 bits per heavy atom. The van der Waals surface area contributed by atoms with E-state index in [0.717, 1.165) is 16.5 Å². The molecule has 0 bridgehead atoms. The molecule has 182 valence electrons. The van der Waals surface area contributed by atoms with Crippen molar-refractivity contribution in [3.8, 4) is 11.5 Å². The van der Waals surface area contributed by atoms with Crippen molar-refractivity contribution in [3.05, 3.63) is 77.4 Å². The summed E-state index contributed by atoms with van der Waals surface area (Å²) in [5, 5.41) is 13.2. The summed E-state index contributed by atoms with van der Waals surface area (Å²) < 4.78 is 10.9. The van der Waals surface area contributed by atoms with Crippen molar-refractivity contribution in [1.82, 2.24) is 9.80 Å². The van der Waals surface area contributed by atoms with Crippen LogP contribution >= 0.6 is 0 Å². The number of ether oxygens (including phenoxy) is 2. The minimum absolute atomic E-state index is 0.0790. The number of aliphatic hydroxyl groups excluding tert-OH is 1. The van der Waals surface area contributed by atoms with E-state index >= 15 is 0 Å². The Hall–Kier alpha value is -3.84. The van der Waals surface area contributed by atoms with Crippen LogP contribution < -0.4 is 9.47 Å². The number of carbonyl (C=O) groups excluding carboxylic acids is 2. The Balaban J connectivity index is 1.84. The van der Waals surface area contributed by atoms with Crippen molar-refractivity contribution in [2.75, 3.05) is 40.9 Å². The van der Waals surface area contributed by atoms with Crippen LogP contribution in [0.4, 0.5) is 0 Å². The topological polar surface area (TPSA) is 79.3 Å². The second-order valence-corrected chi connectivity index (χ2v) is 8.73. The van der Waals surface area contributed by atoms with E-state index in [-0.39, 0.29) is 11.3 Å². The first-order valence-corrected chi connectivity index (χ1v) is 11.6. The first kappa shape index (κ1) is 24.3. The highest BCUT2D eigenvalue weighted by molar-refractivity contribution is 6.46. The average molecular weight is 475 g/mol. The van der Waals surface area contributed by atoms with Crippen LogP contribution in [0.15, 0.2) is 66.2 Å². The van der Waals surface area contributed by atoms with Crippen LogP contribution in [0.2, 0.25) is 0 Å². The molecule has 0 spiro atoms. The van der Waals surface area contributed by atoms with Gasteiger partial charge in [-0.3, -0.25) is 9.59 Å². The molecule has 1 aliphatic rings.